The van der Waals surface area contributed by atoms with E-state index in [1.54, 1.807) is 13.4 Å². The van der Waals surface area contributed by atoms with Crippen LogP contribution in [0.2, 0.25) is 0 Å². The summed E-state index contributed by atoms with van der Waals surface area (Å²) in [5, 5.41) is 0.820. The van der Waals surface area contributed by atoms with E-state index in [0.717, 1.165) is 51.8 Å². The van der Waals surface area contributed by atoms with Crippen LogP contribution in [0.3, 0.4) is 0 Å². The highest BCUT2D eigenvalue weighted by Crippen LogP contribution is 2.35. The lowest BCUT2D eigenvalue weighted by Gasteiger charge is -2.30. The van der Waals surface area contributed by atoms with Gasteiger partial charge in [-0.3, -0.25) is 4.79 Å². The fraction of sp³-hybridized carbons (Fsp3) is 0.400. The summed E-state index contributed by atoms with van der Waals surface area (Å²) in [4.78, 5) is 23.4. The third kappa shape index (κ3) is 3.98. The van der Waals surface area contributed by atoms with Crippen LogP contribution in [0.25, 0.3) is 21.5 Å². The lowest BCUT2D eigenvalue weighted by Crippen LogP contribution is -2.40. The van der Waals surface area contributed by atoms with Crippen LogP contribution in [0.4, 0.5) is 0 Å². The summed E-state index contributed by atoms with van der Waals surface area (Å²) in [5.74, 6) is 1.97. The van der Waals surface area contributed by atoms with Crippen molar-refractivity contribution >= 4 is 39.4 Å². The SMILES string of the molecule is COc1ccc(-c2nsc3c(SCC(=O)N4CCCC(C)C4)ncnc23)cc1. The third-order valence-electron chi connectivity index (χ3n) is 4.93. The molecule has 0 saturated carbocycles. The molecule has 0 radical (unpaired) electrons. The number of fused-ring (bicyclic) bond motifs is 1. The highest BCUT2D eigenvalue weighted by molar-refractivity contribution is 8.00. The summed E-state index contributed by atoms with van der Waals surface area (Å²) in [6.45, 7) is 3.93. The van der Waals surface area contributed by atoms with Gasteiger partial charge in [-0.05, 0) is 54.6 Å². The van der Waals surface area contributed by atoms with Crippen molar-refractivity contribution in [3.8, 4) is 17.0 Å². The standard InChI is InChI=1S/C20H22N4O2S2/c1-13-4-3-9-24(10-13)16(25)11-27-20-19-18(21-12-22-20)17(23-28-19)14-5-7-15(26-2)8-6-14/h5-8,12-13H,3-4,9-11H2,1-2H3. The van der Waals surface area contributed by atoms with Gasteiger partial charge < -0.3 is 9.64 Å². The van der Waals surface area contributed by atoms with Crippen LogP contribution in [0.1, 0.15) is 19.8 Å². The zero-order chi connectivity index (χ0) is 19.5. The van der Waals surface area contributed by atoms with Gasteiger partial charge in [-0.2, -0.15) is 4.37 Å². The number of piperidine rings is 1. The molecule has 3 aromatic rings. The van der Waals surface area contributed by atoms with E-state index in [0.29, 0.717) is 11.7 Å². The number of likely N-dealkylation sites (tertiary alicyclic amines) is 1. The average Bonchev–Trinajstić information content (AvgIpc) is 3.17. The van der Waals surface area contributed by atoms with Crippen LogP contribution < -0.4 is 4.74 Å². The summed E-state index contributed by atoms with van der Waals surface area (Å²) < 4.78 is 10.7. The number of benzene rings is 1. The largest absolute Gasteiger partial charge is 0.497 e. The van der Waals surface area contributed by atoms with Crippen molar-refractivity contribution in [1.82, 2.24) is 19.2 Å². The smallest absolute Gasteiger partial charge is 0.232 e. The maximum Gasteiger partial charge on any atom is 0.232 e. The number of rotatable bonds is 5. The summed E-state index contributed by atoms with van der Waals surface area (Å²) >= 11 is 2.86. The Labute approximate surface area is 172 Å². The van der Waals surface area contributed by atoms with Crippen molar-refractivity contribution in [3.63, 3.8) is 0 Å². The molecule has 1 saturated heterocycles. The van der Waals surface area contributed by atoms with Crippen LogP contribution in [-0.2, 0) is 4.79 Å². The fourth-order valence-electron chi connectivity index (χ4n) is 3.42. The number of hydrogen-bond donors (Lipinski definition) is 0. The molecule has 1 fully saturated rings. The van der Waals surface area contributed by atoms with Gasteiger partial charge in [0.2, 0.25) is 5.91 Å². The quantitative estimate of drug-likeness (QED) is 0.462. The van der Waals surface area contributed by atoms with Crippen LogP contribution in [0.5, 0.6) is 5.75 Å². The number of nitrogens with zero attached hydrogens (tertiary/aromatic N) is 4. The maximum atomic E-state index is 12.6. The number of carbonyl (C=O) groups excluding carboxylic acids is 1. The van der Waals surface area contributed by atoms with E-state index in [1.165, 1.54) is 29.7 Å². The molecule has 8 heteroatoms. The number of ether oxygens (including phenoxy) is 1. The Morgan fingerprint density at radius 3 is 2.89 bits per heavy atom. The number of carbonyl (C=O) groups is 1. The van der Waals surface area contributed by atoms with Crippen LogP contribution in [0, 0.1) is 5.92 Å². The Morgan fingerprint density at radius 1 is 1.32 bits per heavy atom. The van der Waals surface area contributed by atoms with Gasteiger partial charge in [0.25, 0.3) is 0 Å². The minimum absolute atomic E-state index is 0.184. The molecule has 1 atom stereocenters. The molecule has 146 valence electrons. The fourth-order valence-corrected chi connectivity index (χ4v) is 5.24. The number of methoxy groups -OCH3 is 1. The molecule has 0 N–H and O–H groups in total. The maximum absolute atomic E-state index is 12.6. The van der Waals surface area contributed by atoms with E-state index in [1.807, 2.05) is 29.2 Å². The van der Waals surface area contributed by atoms with Gasteiger partial charge in [-0.1, -0.05) is 18.7 Å². The first kappa shape index (κ1) is 19.1. The van der Waals surface area contributed by atoms with Gasteiger partial charge in [0.15, 0.2) is 0 Å². The zero-order valence-corrected chi connectivity index (χ0v) is 17.6. The lowest BCUT2D eigenvalue weighted by molar-refractivity contribution is -0.130. The molecular weight excluding hydrogens is 392 g/mol. The van der Waals surface area contributed by atoms with Crippen molar-refractivity contribution in [2.75, 3.05) is 26.0 Å². The second-order valence-electron chi connectivity index (χ2n) is 6.99. The zero-order valence-electron chi connectivity index (χ0n) is 15.9. The molecule has 0 aliphatic carbocycles. The third-order valence-corrected chi connectivity index (χ3v) is 6.88. The Balaban J connectivity index is 1.52. The summed E-state index contributed by atoms with van der Waals surface area (Å²) in [6, 6.07) is 7.78. The predicted molar refractivity (Wildman–Crippen MR) is 113 cm³/mol. The number of aromatic nitrogens is 3. The van der Waals surface area contributed by atoms with Gasteiger partial charge >= 0.3 is 0 Å². The van der Waals surface area contributed by atoms with Gasteiger partial charge in [-0.15, -0.1) is 0 Å². The normalized spacial score (nSPS) is 17.1. The molecule has 4 rings (SSSR count). The minimum Gasteiger partial charge on any atom is -0.497 e. The Kier molecular flexibility index (Phi) is 5.77. The van der Waals surface area contributed by atoms with E-state index in [9.17, 15) is 4.79 Å². The van der Waals surface area contributed by atoms with Crippen LogP contribution >= 0.6 is 23.3 Å². The Hall–Kier alpha value is -2.19. The first-order valence-electron chi connectivity index (χ1n) is 9.31. The average molecular weight is 415 g/mol. The molecular formula is C20H22N4O2S2. The molecule has 1 aliphatic rings. The second kappa shape index (κ2) is 8.45. The van der Waals surface area contributed by atoms with Gasteiger partial charge in [-0.25, -0.2) is 9.97 Å². The highest BCUT2D eigenvalue weighted by atomic mass is 32.2. The highest BCUT2D eigenvalue weighted by Gasteiger charge is 2.22. The topological polar surface area (TPSA) is 68.2 Å². The number of amides is 1. The van der Waals surface area contributed by atoms with Crippen molar-refractivity contribution in [3.05, 3.63) is 30.6 Å². The molecule has 1 unspecified atom stereocenters. The molecule has 1 aliphatic heterocycles. The first-order valence-corrected chi connectivity index (χ1v) is 11.1. The van der Waals surface area contributed by atoms with Gasteiger partial charge in [0.1, 0.15) is 33.0 Å². The molecule has 0 spiro atoms. The Morgan fingerprint density at radius 2 is 2.14 bits per heavy atom. The lowest BCUT2D eigenvalue weighted by atomic mass is 10.0. The van der Waals surface area contributed by atoms with Crippen LogP contribution in [0.15, 0.2) is 35.6 Å². The first-order chi connectivity index (χ1) is 13.7. The van der Waals surface area contributed by atoms with Crippen molar-refractivity contribution in [1.29, 1.82) is 0 Å². The van der Waals surface area contributed by atoms with E-state index in [2.05, 4.69) is 21.3 Å². The second-order valence-corrected chi connectivity index (χ2v) is 8.73. The number of thioether (sulfide) groups is 1. The van der Waals surface area contributed by atoms with E-state index >= 15 is 0 Å². The molecule has 1 amide bonds. The Bertz CT molecular complexity index is 974. The summed E-state index contributed by atoms with van der Waals surface area (Å²) in [7, 11) is 1.65. The summed E-state index contributed by atoms with van der Waals surface area (Å²) in [5.41, 5.74) is 2.65. The molecule has 0 bridgehead atoms. The molecule has 6 nitrogen and oxygen atoms in total. The van der Waals surface area contributed by atoms with E-state index in [4.69, 9.17) is 4.74 Å². The molecule has 3 heterocycles. The van der Waals surface area contributed by atoms with Crippen LogP contribution in [-0.4, -0.2) is 51.1 Å². The van der Waals surface area contributed by atoms with Gasteiger partial charge in [0.05, 0.1) is 12.9 Å². The monoisotopic (exact) mass is 414 g/mol. The predicted octanol–water partition coefficient (Wildman–Crippen LogP) is 4.11. The molecule has 2 aromatic heterocycles. The molecule has 1 aromatic carbocycles. The van der Waals surface area contributed by atoms with E-state index < -0.39 is 0 Å². The van der Waals surface area contributed by atoms with Gasteiger partial charge in [0, 0.05) is 18.7 Å². The minimum atomic E-state index is 0.184. The van der Waals surface area contributed by atoms with Crippen molar-refractivity contribution in [2.45, 2.75) is 24.8 Å². The van der Waals surface area contributed by atoms with E-state index in [-0.39, 0.29) is 5.91 Å². The summed E-state index contributed by atoms with van der Waals surface area (Å²) in [6.07, 6.45) is 3.85. The van der Waals surface area contributed by atoms with Crippen molar-refractivity contribution < 1.29 is 9.53 Å². The van der Waals surface area contributed by atoms with Crippen molar-refractivity contribution in [2.24, 2.45) is 5.92 Å². The molecule has 28 heavy (non-hydrogen) atoms. The number of hydrogen-bond acceptors (Lipinski definition) is 7.